The third-order valence-corrected chi connectivity index (χ3v) is 3.68. The number of hydrazine groups is 1. The molecule has 1 N–H and O–H groups in total. The Morgan fingerprint density at radius 2 is 2.20 bits per heavy atom. The van der Waals surface area contributed by atoms with E-state index in [0.717, 1.165) is 32.7 Å². The van der Waals surface area contributed by atoms with Crippen LogP contribution in [0.5, 0.6) is 0 Å². The Kier molecular flexibility index (Phi) is 2.44. The van der Waals surface area contributed by atoms with Crippen molar-refractivity contribution in [1.82, 2.24) is 15.3 Å². The van der Waals surface area contributed by atoms with Crippen molar-refractivity contribution in [1.29, 1.82) is 0 Å². The summed E-state index contributed by atoms with van der Waals surface area (Å²) in [4.78, 5) is 4.47. The van der Waals surface area contributed by atoms with Crippen LogP contribution in [0.25, 0.3) is 0 Å². The van der Waals surface area contributed by atoms with Crippen molar-refractivity contribution in [3.8, 4) is 0 Å². The molecule has 0 bridgehead atoms. The van der Waals surface area contributed by atoms with Crippen molar-refractivity contribution in [3.63, 3.8) is 0 Å². The van der Waals surface area contributed by atoms with Crippen molar-refractivity contribution in [3.05, 3.63) is 17.0 Å². The average Bonchev–Trinajstić information content (AvgIpc) is 2.77. The van der Waals surface area contributed by atoms with Crippen LogP contribution in [0.4, 0.5) is 5.00 Å². The van der Waals surface area contributed by atoms with E-state index in [1.807, 2.05) is 6.34 Å². The smallest absolute Gasteiger partial charge is 0.122 e. The number of hydrogen-bond acceptors (Lipinski definition) is 5. The summed E-state index contributed by atoms with van der Waals surface area (Å²) in [5.41, 5.74) is 1.35. The second kappa shape index (κ2) is 3.92. The van der Waals surface area contributed by atoms with Crippen LogP contribution in [-0.4, -0.2) is 42.5 Å². The summed E-state index contributed by atoms with van der Waals surface area (Å²) in [5.74, 6) is 0. The maximum Gasteiger partial charge on any atom is 0.122 e. The van der Waals surface area contributed by atoms with Gasteiger partial charge in [0, 0.05) is 31.7 Å². The summed E-state index contributed by atoms with van der Waals surface area (Å²) in [6.45, 7) is 5.26. The minimum absolute atomic E-state index is 0.975. The molecule has 80 valence electrons. The number of thiophene rings is 1. The van der Waals surface area contributed by atoms with Crippen molar-refractivity contribution >= 4 is 22.7 Å². The number of rotatable bonds is 1. The molecule has 0 unspecified atom stereocenters. The summed E-state index contributed by atoms with van der Waals surface area (Å²) in [5, 5.41) is 11.2. The first-order valence-corrected chi connectivity index (χ1v) is 6.14. The van der Waals surface area contributed by atoms with E-state index in [2.05, 4.69) is 31.8 Å². The molecule has 15 heavy (non-hydrogen) atoms. The maximum atomic E-state index is 4.47. The summed E-state index contributed by atoms with van der Waals surface area (Å²) < 4.78 is 0. The highest BCUT2D eigenvalue weighted by molar-refractivity contribution is 7.14. The third kappa shape index (κ3) is 1.78. The second-order valence-corrected chi connectivity index (χ2v) is 4.69. The van der Waals surface area contributed by atoms with E-state index in [-0.39, 0.29) is 0 Å². The molecule has 0 saturated carbocycles. The molecule has 4 nitrogen and oxygen atoms in total. The molecule has 5 heteroatoms. The highest BCUT2D eigenvalue weighted by atomic mass is 32.1. The minimum atomic E-state index is 0.975. The van der Waals surface area contributed by atoms with Gasteiger partial charge in [-0.15, -0.1) is 11.3 Å². The number of piperazine rings is 1. The zero-order valence-corrected chi connectivity index (χ0v) is 9.33. The first-order chi connectivity index (χ1) is 7.43. The molecule has 3 rings (SSSR count). The number of nitrogens with one attached hydrogen (secondary N) is 1. The van der Waals surface area contributed by atoms with Gasteiger partial charge in [0.25, 0.3) is 0 Å². The average molecular weight is 222 g/mol. The fourth-order valence-electron chi connectivity index (χ4n) is 1.98. The topological polar surface area (TPSA) is 30.9 Å². The van der Waals surface area contributed by atoms with Crippen molar-refractivity contribution in [2.75, 3.05) is 26.2 Å². The highest BCUT2D eigenvalue weighted by Gasteiger charge is 2.19. The lowest BCUT2D eigenvalue weighted by Crippen LogP contribution is -2.51. The van der Waals surface area contributed by atoms with E-state index < -0.39 is 0 Å². The molecule has 1 fully saturated rings. The van der Waals surface area contributed by atoms with E-state index >= 15 is 0 Å². The standard InChI is InChI=1S/C10H14N4S/c1-6-15-10-9(1)7-14(8-12-10)13-4-2-11-3-5-13/h1,6,8,11H,2-5,7H2. The first kappa shape index (κ1) is 9.33. The molecular formula is C10H14N4S. The lowest BCUT2D eigenvalue weighted by molar-refractivity contribution is 0.0296. The fraction of sp³-hybridized carbons (Fsp3) is 0.500. The zero-order chi connectivity index (χ0) is 10.1. The Morgan fingerprint density at radius 1 is 1.33 bits per heavy atom. The van der Waals surface area contributed by atoms with Gasteiger partial charge in [0.05, 0.1) is 6.54 Å². The lowest BCUT2D eigenvalue weighted by Gasteiger charge is -2.37. The van der Waals surface area contributed by atoms with Gasteiger partial charge in [0.15, 0.2) is 0 Å². The van der Waals surface area contributed by atoms with Crippen molar-refractivity contribution in [2.24, 2.45) is 4.99 Å². The normalized spacial score (nSPS) is 21.7. The highest BCUT2D eigenvalue weighted by Crippen LogP contribution is 2.30. The Morgan fingerprint density at radius 3 is 3.07 bits per heavy atom. The molecular weight excluding hydrogens is 208 g/mol. The molecule has 0 atom stereocenters. The zero-order valence-electron chi connectivity index (χ0n) is 8.52. The molecule has 0 aliphatic carbocycles. The van der Waals surface area contributed by atoms with Crippen LogP contribution in [0.3, 0.4) is 0 Å². The van der Waals surface area contributed by atoms with Gasteiger partial charge < -0.3 is 5.32 Å². The van der Waals surface area contributed by atoms with Crippen LogP contribution < -0.4 is 5.32 Å². The van der Waals surface area contributed by atoms with Crippen molar-refractivity contribution in [2.45, 2.75) is 6.54 Å². The van der Waals surface area contributed by atoms with Crippen LogP contribution in [0.1, 0.15) is 5.56 Å². The van der Waals surface area contributed by atoms with Crippen LogP contribution >= 0.6 is 11.3 Å². The number of nitrogens with zero attached hydrogens (tertiary/aromatic N) is 3. The first-order valence-electron chi connectivity index (χ1n) is 5.26. The Bertz CT molecular complexity index is 367. The molecule has 2 aliphatic rings. The van der Waals surface area contributed by atoms with Gasteiger partial charge >= 0.3 is 0 Å². The van der Waals surface area contributed by atoms with Gasteiger partial charge in [0.1, 0.15) is 11.3 Å². The number of hydrogen-bond donors (Lipinski definition) is 1. The molecule has 1 aromatic rings. The Hall–Kier alpha value is -0.910. The molecule has 0 radical (unpaired) electrons. The van der Waals surface area contributed by atoms with Gasteiger partial charge in [-0.1, -0.05) is 0 Å². The largest absolute Gasteiger partial charge is 0.314 e. The van der Waals surface area contributed by atoms with Crippen LogP contribution in [0.15, 0.2) is 16.4 Å². The van der Waals surface area contributed by atoms with Gasteiger partial charge in [-0.25, -0.2) is 10.0 Å². The van der Waals surface area contributed by atoms with Gasteiger partial charge in [0.2, 0.25) is 0 Å². The molecule has 0 aromatic carbocycles. The molecule has 1 saturated heterocycles. The van der Waals surface area contributed by atoms with E-state index in [4.69, 9.17) is 0 Å². The lowest BCUT2D eigenvalue weighted by atomic mass is 10.3. The molecule has 3 heterocycles. The quantitative estimate of drug-likeness (QED) is 0.770. The Balaban J connectivity index is 1.74. The predicted molar refractivity (Wildman–Crippen MR) is 62.5 cm³/mol. The van der Waals surface area contributed by atoms with Crippen LogP contribution in [0.2, 0.25) is 0 Å². The second-order valence-electron chi connectivity index (χ2n) is 3.80. The summed E-state index contributed by atoms with van der Waals surface area (Å²) >= 11 is 1.72. The van der Waals surface area contributed by atoms with Gasteiger partial charge in [-0.05, 0) is 11.4 Å². The minimum Gasteiger partial charge on any atom is -0.314 e. The van der Waals surface area contributed by atoms with E-state index in [9.17, 15) is 0 Å². The van der Waals surface area contributed by atoms with E-state index in [1.165, 1.54) is 10.6 Å². The van der Waals surface area contributed by atoms with Crippen molar-refractivity contribution < 1.29 is 0 Å². The Labute approximate surface area is 93.2 Å². The van der Waals surface area contributed by atoms with E-state index in [1.54, 1.807) is 11.3 Å². The SMILES string of the molecule is C1=Nc2sccc2CN1N1CCNCC1. The number of aliphatic imine (C=N–C) groups is 1. The van der Waals surface area contributed by atoms with Gasteiger partial charge in [-0.2, -0.15) is 0 Å². The number of fused-ring (bicyclic) bond motifs is 1. The van der Waals surface area contributed by atoms with Crippen LogP contribution in [-0.2, 0) is 6.54 Å². The molecule has 0 amide bonds. The molecule has 2 aliphatic heterocycles. The van der Waals surface area contributed by atoms with Crippen LogP contribution in [0, 0.1) is 0 Å². The van der Waals surface area contributed by atoms with E-state index in [0.29, 0.717) is 0 Å². The third-order valence-electron chi connectivity index (χ3n) is 2.82. The van der Waals surface area contributed by atoms with Gasteiger partial charge in [-0.3, -0.25) is 5.01 Å². The predicted octanol–water partition coefficient (Wildman–Crippen LogP) is 1.04. The summed E-state index contributed by atoms with van der Waals surface area (Å²) in [6, 6.07) is 2.17. The molecule has 1 aromatic heterocycles. The maximum absolute atomic E-state index is 4.47. The monoisotopic (exact) mass is 222 g/mol. The fourth-order valence-corrected chi connectivity index (χ4v) is 2.73. The summed E-state index contributed by atoms with van der Waals surface area (Å²) in [7, 11) is 0. The summed E-state index contributed by atoms with van der Waals surface area (Å²) in [6.07, 6.45) is 1.96. The molecule has 0 spiro atoms.